The molecule has 3 heterocycles. The Kier molecular flexibility index (Phi) is 5.26. The Balaban J connectivity index is 1.44. The second-order valence-corrected chi connectivity index (χ2v) is 8.86. The van der Waals surface area contributed by atoms with E-state index < -0.39 is 0 Å². The van der Waals surface area contributed by atoms with E-state index in [1.165, 1.54) is 5.00 Å². The number of aromatic amines is 1. The zero-order valence-corrected chi connectivity index (χ0v) is 18.2. The Morgan fingerprint density at radius 1 is 0.903 bits per heavy atom. The number of aromatic nitrogens is 1. The maximum Gasteiger partial charge on any atom is 0.254 e. The number of benzene rings is 2. The largest absolute Gasteiger partial charge is 0.360 e. The van der Waals surface area contributed by atoms with Crippen LogP contribution >= 0.6 is 22.9 Å². The highest BCUT2D eigenvalue weighted by Gasteiger charge is 2.26. The summed E-state index contributed by atoms with van der Waals surface area (Å²) in [5.74, 6) is -0.174. The molecule has 4 aromatic rings. The predicted molar refractivity (Wildman–Crippen MR) is 126 cm³/mol. The Morgan fingerprint density at radius 2 is 1.68 bits per heavy atom. The molecule has 0 saturated carbocycles. The second kappa shape index (κ2) is 8.21. The van der Waals surface area contributed by atoms with Gasteiger partial charge in [0.2, 0.25) is 0 Å². The molecular weight excluding hydrogens is 430 g/mol. The fraction of sp³-hybridized carbons (Fsp3) is 0.167. The molecule has 7 heteroatoms. The smallest absolute Gasteiger partial charge is 0.254 e. The lowest BCUT2D eigenvalue weighted by molar-refractivity contribution is 0.0749. The van der Waals surface area contributed by atoms with Crippen LogP contribution in [0.5, 0.6) is 0 Å². The number of rotatable bonds is 4. The summed E-state index contributed by atoms with van der Waals surface area (Å²) < 4.78 is 0. The molecular formula is C24H20ClN3O2S. The van der Waals surface area contributed by atoms with Crippen LogP contribution in [0.1, 0.15) is 26.3 Å². The van der Waals surface area contributed by atoms with Gasteiger partial charge in [-0.25, -0.2) is 0 Å². The summed E-state index contributed by atoms with van der Waals surface area (Å²) in [7, 11) is 0. The SMILES string of the molecule is O=C(c1ccc(Cl)cc1)c1c[nH]c2cccc(C(=O)N3CCN(c4cccs4)CC3)c12. The van der Waals surface area contributed by atoms with E-state index in [-0.39, 0.29) is 11.7 Å². The van der Waals surface area contributed by atoms with Gasteiger partial charge in [-0.05, 0) is 53.9 Å². The Hall–Kier alpha value is -3.09. The Labute approximate surface area is 188 Å². The van der Waals surface area contributed by atoms with Gasteiger partial charge in [-0.1, -0.05) is 17.7 Å². The highest BCUT2D eigenvalue weighted by Crippen LogP contribution is 2.28. The molecule has 1 amide bonds. The van der Waals surface area contributed by atoms with Crippen molar-refractivity contribution >= 4 is 50.5 Å². The average Bonchev–Trinajstić information content (AvgIpc) is 3.49. The van der Waals surface area contributed by atoms with Crippen molar-refractivity contribution in [1.29, 1.82) is 0 Å². The fourth-order valence-electron chi connectivity index (χ4n) is 4.05. The van der Waals surface area contributed by atoms with Gasteiger partial charge >= 0.3 is 0 Å². The minimum absolute atomic E-state index is 0.0406. The second-order valence-electron chi connectivity index (χ2n) is 7.50. The van der Waals surface area contributed by atoms with Gasteiger partial charge in [-0.15, -0.1) is 11.3 Å². The van der Waals surface area contributed by atoms with Crippen molar-refractivity contribution in [3.8, 4) is 0 Å². The van der Waals surface area contributed by atoms with Crippen molar-refractivity contribution in [3.05, 3.63) is 87.9 Å². The predicted octanol–water partition coefficient (Wildman–Crippen LogP) is 5.08. The van der Waals surface area contributed by atoms with Crippen molar-refractivity contribution in [2.45, 2.75) is 0 Å². The lowest BCUT2D eigenvalue weighted by Gasteiger charge is -2.35. The fourth-order valence-corrected chi connectivity index (χ4v) is 4.96. The van der Waals surface area contributed by atoms with E-state index in [1.807, 2.05) is 29.2 Å². The number of ketones is 1. The summed E-state index contributed by atoms with van der Waals surface area (Å²) in [6, 6.07) is 16.5. The van der Waals surface area contributed by atoms with Crippen molar-refractivity contribution in [3.63, 3.8) is 0 Å². The van der Waals surface area contributed by atoms with Crippen molar-refractivity contribution in [2.24, 2.45) is 0 Å². The van der Waals surface area contributed by atoms with Crippen LogP contribution in [0.3, 0.4) is 0 Å². The molecule has 1 aliphatic heterocycles. The molecule has 0 radical (unpaired) electrons. The van der Waals surface area contributed by atoms with Crippen LogP contribution in [0.25, 0.3) is 10.9 Å². The molecule has 1 aliphatic rings. The number of halogens is 1. The lowest BCUT2D eigenvalue weighted by Crippen LogP contribution is -2.48. The molecule has 0 aliphatic carbocycles. The monoisotopic (exact) mass is 449 g/mol. The van der Waals surface area contributed by atoms with Crippen LogP contribution in [0.4, 0.5) is 5.00 Å². The number of piperazine rings is 1. The van der Waals surface area contributed by atoms with Crippen LogP contribution in [-0.4, -0.2) is 47.8 Å². The average molecular weight is 450 g/mol. The molecule has 5 nitrogen and oxygen atoms in total. The number of thiophene rings is 1. The molecule has 0 bridgehead atoms. The van der Waals surface area contributed by atoms with Gasteiger partial charge < -0.3 is 14.8 Å². The van der Waals surface area contributed by atoms with E-state index in [9.17, 15) is 9.59 Å². The van der Waals surface area contributed by atoms with Crippen LogP contribution in [0.2, 0.25) is 5.02 Å². The van der Waals surface area contributed by atoms with Gasteiger partial charge in [-0.2, -0.15) is 0 Å². The first-order valence-corrected chi connectivity index (χ1v) is 11.4. The number of amides is 1. The molecule has 1 saturated heterocycles. The topological polar surface area (TPSA) is 56.4 Å². The first-order valence-electron chi connectivity index (χ1n) is 10.1. The summed E-state index contributed by atoms with van der Waals surface area (Å²) in [6.45, 7) is 2.90. The van der Waals surface area contributed by atoms with E-state index in [1.54, 1.807) is 41.8 Å². The highest BCUT2D eigenvalue weighted by atomic mass is 35.5. The summed E-state index contributed by atoms with van der Waals surface area (Å²) in [5, 5.41) is 4.55. The maximum atomic E-state index is 13.4. The molecule has 2 aromatic carbocycles. The number of H-pyrrole nitrogens is 1. The number of anilines is 1. The minimum Gasteiger partial charge on any atom is -0.360 e. The zero-order chi connectivity index (χ0) is 21.4. The van der Waals surface area contributed by atoms with E-state index in [2.05, 4.69) is 21.3 Å². The van der Waals surface area contributed by atoms with Gasteiger partial charge in [0, 0.05) is 65.0 Å². The zero-order valence-electron chi connectivity index (χ0n) is 16.7. The lowest BCUT2D eigenvalue weighted by atomic mass is 9.98. The normalized spacial score (nSPS) is 14.2. The third kappa shape index (κ3) is 3.73. The number of nitrogens with zero attached hydrogens (tertiary/aromatic N) is 2. The molecule has 0 atom stereocenters. The van der Waals surface area contributed by atoms with E-state index >= 15 is 0 Å². The Morgan fingerprint density at radius 3 is 2.39 bits per heavy atom. The first kappa shape index (κ1) is 19.8. The maximum absolute atomic E-state index is 13.4. The minimum atomic E-state index is -0.134. The standard InChI is InChI=1S/C24H20ClN3O2S/c25-17-8-6-16(7-9-17)23(29)19-15-26-20-4-1-3-18(22(19)20)24(30)28-12-10-27(11-13-28)21-5-2-14-31-21/h1-9,14-15,26H,10-13H2. The van der Waals surface area contributed by atoms with Crippen molar-refractivity contribution in [1.82, 2.24) is 9.88 Å². The number of carbonyl (C=O) groups is 2. The molecule has 156 valence electrons. The molecule has 31 heavy (non-hydrogen) atoms. The summed E-state index contributed by atoms with van der Waals surface area (Å²) in [6.07, 6.45) is 1.69. The number of hydrogen-bond donors (Lipinski definition) is 1. The third-order valence-electron chi connectivity index (χ3n) is 5.67. The molecule has 2 aromatic heterocycles. The van der Waals surface area contributed by atoms with Gasteiger partial charge in [0.1, 0.15) is 0 Å². The van der Waals surface area contributed by atoms with Gasteiger partial charge in [0.25, 0.3) is 5.91 Å². The van der Waals surface area contributed by atoms with Gasteiger partial charge in [0.05, 0.1) is 5.00 Å². The summed E-state index contributed by atoms with van der Waals surface area (Å²) in [4.78, 5) is 33.9. The number of carbonyl (C=O) groups excluding carboxylic acids is 2. The molecule has 1 N–H and O–H groups in total. The number of hydrogen-bond acceptors (Lipinski definition) is 4. The molecule has 5 rings (SSSR count). The molecule has 1 fully saturated rings. The molecule has 0 unspecified atom stereocenters. The van der Waals surface area contributed by atoms with E-state index in [0.29, 0.717) is 40.2 Å². The highest BCUT2D eigenvalue weighted by molar-refractivity contribution is 7.14. The Bertz CT molecular complexity index is 1240. The quantitative estimate of drug-likeness (QED) is 0.442. The number of nitrogens with one attached hydrogen (secondary N) is 1. The van der Waals surface area contributed by atoms with Crippen LogP contribution in [-0.2, 0) is 0 Å². The van der Waals surface area contributed by atoms with Crippen LogP contribution in [0.15, 0.2) is 66.2 Å². The van der Waals surface area contributed by atoms with Crippen molar-refractivity contribution in [2.75, 3.05) is 31.1 Å². The first-order chi connectivity index (χ1) is 15.1. The van der Waals surface area contributed by atoms with Crippen LogP contribution < -0.4 is 4.90 Å². The summed E-state index contributed by atoms with van der Waals surface area (Å²) in [5.41, 5.74) is 2.37. The van der Waals surface area contributed by atoms with E-state index in [0.717, 1.165) is 18.6 Å². The third-order valence-corrected chi connectivity index (χ3v) is 6.85. The van der Waals surface area contributed by atoms with Gasteiger partial charge in [-0.3, -0.25) is 9.59 Å². The summed E-state index contributed by atoms with van der Waals surface area (Å²) >= 11 is 7.68. The van der Waals surface area contributed by atoms with Crippen LogP contribution in [0, 0.1) is 0 Å². The molecule has 0 spiro atoms. The van der Waals surface area contributed by atoms with E-state index in [4.69, 9.17) is 11.6 Å². The number of fused-ring (bicyclic) bond motifs is 1. The van der Waals surface area contributed by atoms with Crippen molar-refractivity contribution < 1.29 is 9.59 Å². The van der Waals surface area contributed by atoms with Gasteiger partial charge in [0.15, 0.2) is 5.78 Å².